The van der Waals surface area contributed by atoms with Crippen molar-refractivity contribution >= 4 is 5.69 Å². The summed E-state index contributed by atoms with van der Waals surface area (Å²) in [6.07, 6.45) is -0.467. The molecule has 1 aromatic carbocycles. The van der Waals surface area contributed by atoms with Crippen molar-refractivity contribution in [1.82, 2.24) is 15.3 Å². The lowest BCUT2D eigenvalue weighted by molar-refractivity contribution is 0.0744. The molecule has 1 aliphatic rings. The van der Waals surface area contributed by atoms with Gasteiger partial charge in [-0.2, -0.15) is 0 Å². The first-order valence-electron chi connectivity index (χ1n) is 7.18. The molecule has 0 aromatic heterocycles. The van der Waals surface area contributed by atoms with Gasteiger partial charge in [0.2, 0.25) is 0 Å². The fourth-order valence-corrected chi connectivity index (χ4v) is 2.29. The van der Waals surface area contributed by atoms with Crippen LogP contribution in [0.2, 0.25) is 0 Å². The minimum atomic E-state index is -0.467. The average Bonchev–Trinajstić information content (AvgIpc) is 2.46. The molecule has 0 amide bonds. The first kappa shape index (κ1) is 15.3. The van der Waals surface area contributed by atoms with Crippen LogP contribution in [0.4, 0.5) is 5.69 Å². The highest BCUT2D eigenvalue weighted by Gasteiger charge is 2.15. The van der Waals surface area contributed by atoms with Crippen molar-refractivity contribution in [1.29, 1.82) is 0 Å². The fourth-order valence-electron chi connectivity index (χ4n) is 2.29. The van der Waals surface area contributed by atoms with Crippen molar-refractivity contribution in [2.45, 2.75) is 6.10 Å². The molecule has 0 spiro atoms. The number of anilines is 1. The Morgan fingerprint density at radius 3 is 2.30 bits per heavy atom. The molecule has 1 fully saturated rings. The van der Waals surface area contributed by atoms with Crippen LogP contribution in [-0.4, -0.2) is 68.9 Å². The molecule has 1 unspecified atom stereocenters. The number of likely N-dealkylation sites (N-methyl/N-ethyl adjacent to an activating group) is 1. The summed E-state index contributed by atoms with van der Waals surface area (Å²) >= 11 is 0. The van der Waals surface area contributed by atoms with E-state index in [9.17, 15) is 5.11 Å². The monoisotopic (exact) mass is 278 g/mol. The van der Waals surface area contributed by atoms with Crippen molar-refractivity contribution in [3.8, 4) is 0 Å². The Balaban J connectivity index is 1.80. The number of nitrogens with zero attached hydrogens (tertiary/aromatic N) is 3. The van der Waals surface area contributed by atoms with Gasteiger partial charge >= 0.3 is 0 Å². The van der Waals surface area contributed by atoms with Crippen molar-refractivity contribution in [3.63, 3.8) is 0 Å². The average molecular weight is 278 g/mol. The number of hydrogen-bond donors (Lipinski definition) is 2. The van der Waals surface area contributed by atoms with Gasteiger partial charge in [-0.15, -0.1) is 0 Å². The van der Waals surface area contributed by atoms with Crippen LogP contribution >= 0.6 is 0 Å². The summed E-state index contributed by atoms with van der Waals surface area (Å²) in [5.74, 6) is 0. The van der Waals surface area contributed by atoms with Crippen LogP contribution in [0.5, 0.6) is 0 Å². The van der Waals surface area contributed by atoms with Crippen LogP contribution in [0.1, 0.15) is 11.7 Å². The molecule has 0 bridgehead atoms. The van der Waals surface area contributed by atoms with Gasteiger partial charge in [-0.1, -0.05) is 12.1 Å². The van der Waals surface area contributed by atoms with Crippen LogP contribution in [-0.2, 0) is 0 Å². The molecule has 5 nitrogen and oxygen atoms in total. The van der Waals surface area contributed by atoms with Gasteiger partial charge in [0.1, 0.15) is 0 Å². The van der Waals surface area contributed by atoms with E-state index in [1.165, 1.54) is 0 Å². The second-order valence-electron chi connectivity index (χ2n) is 5.65. The topological polar surface area (TPSA) is 42.0 Å². The van der Waals surface area contributed by atoms with Crippen LogP contribution in [0.3, 0.4) is 0 Å². The van der Waals surface area contributed by atoms with E-state index < -0.39 is 6.10 Å². The van der Waals surface area contributed by atoms with Gasteiger partial charge in [-0.05, 0) is 24.7 Å². The summed E-state index contributed by atoms with van der Waals surface area (Å²) < 4.78 is 0. The third-order valence-corrected chi connectivity index (χ3v) is 3.81. The Morgan fingerprint density at radius 2 is 1.75 bits per heavy atom. The fraction of sp³-hybridized carbons (Fsp3) is 0.600. The summed E-state index contributed by atoms with van der Waals surface area (Å²) in [6.45, 7) is 4.71. The zero-order chi connectivity index (χ0) is 14.5. The molecule has 1 heterocycles. The summed E-state index contributed by atoms with van der Waals surface area (Å²) in [5.41, 5.74) is 5.43. The highest BCUT2D eigenvalue weighted by atomic mass is 16.3. The third kappa shape index (κ3) is 4.18. The van der Waals surface area contributed by atoms with E-state index >= 15 is 0 Å². The SMILES string of the molecule is CN1CCN(NCC(O)c2ccc(N(C)C)cc2)CC1. The maximum Gasteiger partial charge on any atom is 0.0928 e. The van der Waals surface area contributed by atoms with E-state index in [0.29, 0.717) is 6.54 Å². The van der Waals surface area contributed by atoms with Crippen molar-refractivity contribution in [2.75, 3.05) is 58.8 Å². The quantitative estimate of drug-likeness (QED) is 0.823. The van der Waals surface area contributed by atoms with Gasteiger partial charge in [-0.3, -0.25) is 5.43 Å². The Labute approximate surface area is 121 Å². The Bertz CT molecular complexity index is 399. The van der Waals surface area contributed by atoms with Crippen LogP contribution in [0.25, 0.3) is 0 Å². The summed E-state index contributed by atoms with van der Waals surface area (Å²) in [4.78, 5) is 4.37. The first-order valence-corrected chi connectivity index (χ1v) is 7.18. The second kappa shape index (κ2) is 7.04. The number of nitrogens with one attached hydrogen (secondary N) is 1. The minimum Gasteiger partial charge on any atom is -0.387 e. The van der Waals surface area contributed by atoms with Crippen molar-refractivity contribution in [3.05, 3.63) is 29.8 Å². The number of benzene rings is 1. The van der Waals surface area contributed by atoms with Gasteiger partial charge in [0.25, 0.3) is 0 Å². The molecule has 1 aliphatic heterocycles. The molecule has 0 radical (unpaired) electrons. The molecule has 112 valence electrons. The molecule has 1 aromatic rings. The van der Waals surface area contributed by atoms with Crippen LogP contribution in [0, 0.1) is 0 Å². The summed E-state index contributed by atoms with van der Waals surface area (Å²) in [7, 11) is 6.17. The molecule has 0 aliphatic carbocycles. The third-order valence-electron chi connectivity index (χ3n) is 3.81. The Morgan fingerprint density at radius 1 is 1.15 bits per heavy atom. The largest absolute Gasteiger partial charge is 0.387 e. The lowest BCUT2D eigenvalue weighted by Crippen LogP contribution is -2.51. The van der Waals surface area contributed by atoms with Gasteiger partial charge in [0, 0.05) is 52.5 Å². The van der Waals surface area contributed by atoms with E-state index in [1.54, 1.807) is 0 Å². The van der Waals surface area contributed by atoms with Gasteiger partial charge in [0.15, 0.2) is 0 Å². The van der Waals surface area contributed by atoms with E-state index in [1.807, 2.05) is 38.4 Å². The second-order valence-corrected chi connectivity index (χ2v) is 5.65. The van der Waals surface area contributed by atoms with Gasteiger partial charge < -0.3 is 14.9 Å². The van der Waals surface area contributed by atoms with E-state index in [0.717, 1.165) is 37.4 Å². The molecule has 1 atom stereocenters. The zero-order valence-corrected chi connectivity index (χ0v) is 12.7. The summed E-state index contributed by atoms with van der Waals surface area (Å²) in [6, 6.07) is 8.06. The highest BCUT2D eigenvalue weighted by molar-refractivity contribution is 5.46. The Hall–Kier alpha value is -1.14. The smallest absolute Gasteiger partial charge is 0.0928 e. The molecule has 20 heavy (non-hydrogen) atoms. The summed E-state index contributed by atoms with van der Waals surface area (Å²) in [5, 5.41) is 12.4. The first-order chi connectivity index (χ1) is 9.56. The van der Waals surface area contributed by atoms with Crippen LogP contribution in [0.15, 0.2) is 24.3 Å². The maximum absolute atomic E-state index is 10.2. The van der Waals surface area contributed by atoms with Gasteiger partial charge in [-0.25, -0.2) is 5.01 Å². The van der Waals surface area contributed by atoms with Gasteiger partial charge in [0.05, 0.1) is 6.10 Å². The lowest BCUT2D eigenvalue weighted by Gasteiger charge is -2.33. The van der Waals surface area contributed by atoms with Crippen molar-refractivity contribution < 1.29 is 5.11 Å². The zero-order valence-electron chi connectivity index (χ0n) is 12.7. The molecule has 1 saturated heterocycles. The normalized spacial score (nSPS) is 19.0. The predicted octanol–water partition coefficient (Wildman–Crippen LogP) is 0.538. The number of aliphatic hydroxyl groups is 1. The highest BCUT2D eigenvalue weighted by Crippen LogP contribution is 2.17. The van der Waals surface area contributed by atoms with Crippen LogP contribution < -0.4 is 10.3 Å². The van der Waals surface area contributed by atoms with Crippen molar-refractivity contribution in [2.24, 2.45) is 0 Å². The van der Waals surface area contributed by atoms with E-state index in [4.69, 9.17) is 0 Å². The molecule has 2 rings (SSSR count). The number of aliphatic hydroxyl groups excluding tert-OH is 1. The Kier molecular flexibility index (Phi) is 5.37. The number of hydrazine groups is 1. The number of piperazine rings is 1. The maximum atomic E-state index is 10.2. The predicted molar refractivity (Wildman–Crippen MR) is 82.8 cm³/mol. The molecule has 2 N–H and O–H groups in total. The standard InChI is InChI=1S/C15H26N4O/c1-17(2)14-6-4-13(5-7-14)15(20)12-16-19-10-8-18(3)9-11-19/h4-7,15-16,20H,8-12H2,1-3H3. The number of hydrogen-bond acceptors (Lipinski definition) is 5. The molecule has 0 saturated carbocycles. The minimum absolute atomic E-state index is 0.467. The van der Waals surface area contributed by atoms with E-state index in [-0.39, 0.29) is 0 Å². The number of rotatable bonds is 5. The lowest BCUT2D eigenvalue weighted by atomic mass is 10.1. The molecular formula is C15H26N4O. The molecular weight excluding hydrogens is 252 g/mol. The van der Waals surface area contributed by atoms with E-state index in [2.05, 4.69) is 27.3 Å². The molecule has 5 heteroatoms.